The van der Waals surface area contributed by atoms with Gasteiger partial charge in [-0.3, -0.25) is 0 Å². The van der Waals surface area contributed by atoms with Gasteiger partial charge in [0.1, 0.15) is 12.1 Å². The first-order valence-corrected chi connectivity index (χ1v) is 4.74. The zero-order chi connectivity index (χ0) is 9.97. The Morgan fingerprint density at radius 1 is 1.21 bits per heavy atom. The third-order valence-corrected chi connectivity index (χ3v) is 2.36. The molecule has 1 aromatic heterocycles. The third-order valence-electron chi connectivity index (χ3n) is 2.36. The highest BCUT2D eigenvalue weighted by Crippen LogP contribution is 2.20. The lowest BCUT2D eigenvalue weighted by Crippen LogP contribution is -2.17. The van der Waals surface area contributed by atoms with Crippen LogP contribution in [0.3, 0.4) is 0 Å². The number of nitrogens with zero attached hydrogens (tertiary/aromatic N) is 3. The van der Waals surface area contributed by atoms with E-state index < -0.39 is 0 Å². The summed E-state index contributed by atoms with van der Waals surface area (Å²) in [7, 11) is 2.04. The molecular weight excluding hydrogens is 174 g/mol. The number of rotatable bonds is 2. The third kappa shape index (κ3) is 1.41. The molecule has 14 heavy (non-hydrogen) atoms. The fourth-order valence-corrected chi connectivity index (χ4v) is 1.44. The van der Waals surface area contributed by atoms with Crippen LogP contribution in [0.5, 0.6) is 0 Å². The molecule has 0 aliphatic carbocycles. The van der Waals surface area contributed by atoms with Crippen LogP contribution in [-0.2, 0) is 0 Å². The molecule has 0 saturated heterocycles. The van der Waals surface area contributed by atoms with Crippen LogP contribution in [0.1, 0.15) is 6.92 Å². The van der Waals surface area contributed by atoms with Crippen LogP contribution in [0, 0.1) is 0 Å². The molecule has 2 rings (SSSR count). The highest BCUT2D eigenvalue weighted by atomic mass is 15.2. The molecule has 0 bridgehead atoms. The molecule has 0 N–H and O–H groups in total. The second kappa shape index (κ2) is 3.62. The number of hydrogen-bond acceptors (Lipinski definition) is 3. The largest absolute Gasteiger partial charge is 0.359 e. The van der Waals surface area contributed by atoms with Gasteiger partial charge >= 0.3 is 0 Å². The lowest BCUT2D eigenvalue weighted by molar-refractivity contribution is 0.940. The lowest BCUT2D eigenvalue weighted by atomic mass is 10.2. The Bertz CT molecular complexity index is 434. The number of fused-ring (bicyclic) bond motifs is 1. The monoisotopic (exact) mass is 187 g/mol. The minimum Gasteiger partial charge on any atom is -0.359 e. The number of para-hydroxylation sites is 1. The molecule has 0 saturated carbocycles. The summed E-state index contributed by atoms with van der Waals surface area (Å²) < 4.78 is 0. The van der Waals surface area contributed by atoms with Crippen LogP contribution in [0.15, 0.2) is 30.6 Å². The second-order valence-corrected chi connectivity index (χ2v) is 3.23. The van der Waals surface area contributed by atoms with Crippen LogP contribution in [0.4, 0.5) is 5.82 Å². The van der Waals surface area contributed by atoms with Crippen molar-refractivity contribution in [1.82, 2.24) is 9.97 Å². The van der Waals surface area contributed by atoms with Gasteiger partial charge in [0, 0.05) is 19.0 Å². The van der Waals surface area contributed by atoms with Crippen molar-refractivity contribution in [2.75, 3.05) is 18.5 Å². The van der Waals surface area contributed by atoms with Crippen molar-refractivity contribution in [3.05, 3.63) is 30.6 Å². The minimum atomic E-state index is 0.945. The van der Waals surface area contributed by atoms with E-state index in [1.54, 1.807) is 6.33 Å². The maximum Gasteiger partial charge on any atom is 0.139 e. The van der Waals surface area contributed by atoms with E-state index in [2.05, 4.69) is 27.9 Å². The van der Waals surface area contributed by atoms with Crippen molar-refractivity contribution in [2.24, 2.45) is 0 Å². The summed E-state index contributed by atoms with van der Waals surface area (Å²) >= 11 is 0. The van der Waals surface area contributed by atoms with Crippen molar-refractivity contribution in [3.63, 3.8) is 0 Å². The molecule has 0 aliphatic rings. The SMILES string of the molecule is CCN(C)c1ncnc2ccccc12. The first-order chi connectivity index (χ1) is 6.83. The van der Waals surface area contributed by atoms with Crippen LogP contribution >= 0.6 is 0 Å². The maximum atomic E-state index is 4.29. The molecule has 0 fully saturated rings. The number of hydrogen-bond donors (Lipinski definition) is 0. The van der Waals surface area contributed by atoms with Gasteiger partial charge in [0.15, 0.2) is 0 Å². The molecule has 1 heterocycles. The van der Waals surface area contributed by atoms with Crippen LogP contribution < -0.4 is 4.90 Å². The summed E-state index contributed by atoms with van der Waals surface area (Å²) in [4.78, 5) is 10.6. The van der Waals surface area contributed by atoms with Crippen LogP contribution in [0.25, 0.3) is 10.9 Å². The van der Waals surface area contributed by atoms with Gasteiger partial charge in [-0.2, -0.15) is 0 Å². The van der Waals surface area contributed by atoms with E-state index in [4.69, 9.17) is 0 Å². The Labute approximate surface area is 83.4 Å². The summed E-state index contributed by atoms with van der Waals surface area (Å²) in [5.41, 5.74) is 0.998. The Balaban J connectivity index is 2.65. The fourth-order valence-electron chi connectivity index (χ4n) is 1.44. The Morgan fingerprint density at radius 2 is 2.00 bits per heavy atom. The zero-order valence-corrected chi connectivity index (χ0v) is 8.44. The summed E-state index contributed by atoms with van der Waals surface area (Å²) in [6.45, 7) is 3.05. The van der Waals surface area contributed by atoms with Gasteiger partial charge in [0.25, 0.3) is 0 Å². The van der Waals surface area contributed by atoms with Gasteiger partial charge in [0.05, 0.1) is 5.52 Å². The average Bonchev–Trinajstić information content (AvgIpc) is 2.27. The summed E-state index contributed by atoms with van der Waals surface area (Å²) in [6, 6.07) is 8.06. The van der Waals surface area contributed by atoms with Gasteiger partial charge in [-0.05, 0) is 19.1 Å². The topological polar surface area (TPSA) is 29.0 Å². The van der Waals surface area contributed by atoms with E-state index in [-0.39, 0.29) is 0 Å². The van der Waals surface area contributed by atoms with Crippen molar-refractivity contribution in [2.45, 2.75) is 6.92 Å². The standard InChI is InChI=1S/C11H13N3/c1-3-14(2)11-9-6-4-5-7-10(9)12-8-13-11/h4-8H,3H2,1-2H3. The Kier molecular flexibility index (Phi) is 2.31. The average molecular weight is 187 g/mol. The molecule has 0 atom stereocenters. The maximum absolute atomic E-state index is 4.29. The van der Waals surface area contributed by atoms with E-state index >= 15 is 0 Å². The summed E-state index contributed by atoms with van der Waals surface area (Å²) in [6.07, 6.45) is 1.61. The predicted molar refractivity (Wildman–Crippen MR) is 58.5 cm³/mol. The quantitative estimate of drug-likeness (QED) is 0.720. The summed E-state index contributed by atoms with van der Waals surface area (Å²) in [5.74, 6) is 0.998. The van der Waals surface area contributed by atoms with Crippen molar-refractivity contribution < 1.29 is 0 Å². The predicted octanol–water partition coefficient (Wildman–Crippen LogP) is 2.09. The number of anilines is 1. The van der Waals surface area contributed by atoms with Crippen LogP contribution in [0.2, 0.25) is 0 Å². The van der Waals surface area contributed by atoms with E-state index in [0.29, 0.717) is 0 Å². The first kappa shape index (κ1) is 8.94. The summed E-state index contributed by atoms with van der Waals surface area (Å²) in [5, 5.41) is 1.11. The molecular formula is C11H13N3. The molecule has 0 radical (unpaired) electrons. The molecule has 0 amide bonds. The Morgan fingerprint density at radius 3 is 2.79 bits per heavy atom. The van der Waals surface area contributed by atoms with Crippen molar-refractivity contribution in [3.8, 4) is 0 Å². The molecule has 3 heteroatoms. The van der Waals surface area contributed by atoms with Gasteiger partial charge in [-0.15, -0.1) is 0 Å². The van der Waals surface area contributed by atoms with Gasteiger partial charge in [-0.25, -0.2) is 9.97 Å². The van der Waals surface area contributed by atoms with Gasteiger partial charge in [0.2, 0.25) is 0 Å². The second-order valence-electron chi connectivity index (χ2n) is 3.23. The molecule has 3 nitrogen and oxygen atoms in total. The zero-order valence-electron chi connectivity index (χ0n) is 8.44. The van der Waals surface area contributed by atoms with E-state index in [1.165, 1.54) is 0 Å². The highest BCUT2D eigenvalue weighted by Gasteiger charge is 2.05. The number of aromatic nitrogens is 2. The van der Waals surface area contributed by atoms with E-state index in [1.807, 2.05) is 25.2 Å². The van der Waals surface area contributed by atoms with E-state index in [0.717, 1.165) is 23.3 Å². The number of benzene rings is 1. The molecule has 0 unspecified atom stereocenters. The fraction of sp³-hybridized carbons (Fsp3) is 0.273. The minimum absolute atomic E-state index is 0.945. The smallest absolute Gasteiger partial charge is 0.139 e. The molecule has 0 spiro atoms. The van der Waals surface area contributed by atoms with Crippen LogP contribution in [-0.4, -0.2) is 23.6 Å². The molecule has 2 aromatic rings. The van der Waals surface area contributed by atoms with Gasteiger partial charge in [-0.1, -0.05) is 12.1 Å². The molecule has 0 aliphatic heterocycles. The van der Waals surface area contributed by atoms with Crippen molar-refractivity contribution >= 4 is 16.7 Å². The molecule has 72 valence electrons. The first-order valence-electron chi connectivity index (χ1n) is 4.74. The highest BCUT2D eigenvalue weighted by molar-refractivity contribution is 5.88. The van der Waals surface area contributed by atoms with Crippen molar-refractivity contribution in [1.29, 1.82) is 0 Å². The lowest BCUT2D eigenvalue weighted by Gasteiger charge is -2.16. The molecule has 1 aromatic carbocycles. The Hall–Kier alpha value is -1.64. The normalized spacial score (nSPS) is 10.4. The van der Waals surface area contributed by atoms with Gasteiger partial charge < -0.3 is 4.90 Å². The van der Waals surface area contributed by atoms with E-state index in [9.17, 15) is 0 Å².